The number of rotatable bonds is 9. The highest BCUT2D eigenvalue weighted by atomic mass is 16.5. The van der Waals surface area contributed by atoms with Crippen molar-refractivity contribution in [3.63, 3.8) is 0 Å². The number of carbonyl (C=O) groups excluding carboxylic acids is 4. The summed E-state index contributed by atoms with van der Waals surface area (Å²) in [7, 11) is 0. The molecule has 0 aliphatic carbocycles. The first-order valence-electron chi connectivity index (χ1n) is 11.0. The highest BCUT2D eigenvalue weighted by Gasteiger charge is 2.30. The van der Waals surface area contributed by atoms with Crippen molar-refractivity contribution in [2.75, 3.05) is 36.1 Å². The van der Waals surface area contributed by atoms with E-state index in [0.29, 0.717) is 23.5 Å². The number of carbonyl (C=O) groups is 4. The number of ketones is 1. The Balaban J connectivity index is 1.81. The Bertz CT molecular complexity index is 1060. The van der Waals surface area contributed by atoms with Gasteiger partial charge in [0.2, 0.25) is 5.91 Å². The zero-order valence-corrected chi connectivity index (χ0v) is 19.1. The Morgan fingerprint density at radius 1 is 1.09 bits per heavy atom. The van der Waals surface area contributed by atoms with Gasteiger partial charge in [0.05, 0.1) is 18.7 Å². The molecule has 0 saturated heterocycles. The monoisotopic (exact) mass is 452 g/mol. The van der Waals surface area contributed by atoms with Crippen LogP contribution in [0.25, 0.3) is 0 Å². The number of aryl methyl sites for hydroxylation is 1. The Labute approximate surface area is 193 Å². The van der Waals surface area contributed by atoms with E-state index in [9.17, 15) is 19.2 Å². The third kappa shape index (κ3) is 5.77. The highest BCUT2D eigenvalue weighted by molar-refractivity contribution is 6.07. The van der Waals surface area contributed by atoms with Crippen LogP contribution in [-0.4, -0.2) is 49.9 Å². The average Bonchev–Trinajstić information content (AvgIpc) is 2.80. The molecule has 0 N–H and O–H groups in total. The average molecular weight is 453 g/mol. The van der Waals surface area contributed by atoms with Gasteiger partial charge in [-0.05, 0) is 56.7 Å². The molecule has 0 unspecified atom stereocenters. The summed E-state index contributed by atoms with van der Waals surface area (Å²) in [6.07, 6.45) is -0.0360. The molecule has 8 nitrogen and oxygen atoms in total. The summed E-state index contributed by atoms with van der Waals surface area (Å²) < 4.78 is 10.4. The number of benzene rings is 2. The van der Waals surface area contributed by atoms with Crippen molar-refractivity contribution in [3.8, 4) is 5.75 Å². The second kappa shape index (κ2) is 10.8. The van der Waals surface area contributed by atoms with Gasteiger partial charge in [-0.25, -0.2) is 0 Å². The standard InChI is InChI=1S/C25H28N2O6/c1-4-26(19-8-6-7-17(3)13-19)23(29)15-27-20-14-18(9-11-22(20)33-16-24(27)30)21(28)10-12-25(31)32-5-2/h6-9,11,13-14H,4-5,10,12,15-16H2,1-3H3. The largest absolute Gasteiger partial charge is 0.482 e. The van der Waals surface area contributed by atoms with Crippen molar-refractivity contribution in [1.82, 2.24) is 0 Å². The number of hydrogen-bond donors (Lipinski definition) is 0. The van der Waals surface area contributed by atoms with Crippen molar-refractivity contribution in [2.24, 2.45) is 0 Å². The van der Waals surface area contributed by atoms with Gasteiger partial charge in [-0.15, -0.1) is 0 Å². The van der Waals surface area contributed by atoms with Crippen LogP contribution < -0.4 is 14.5 Å². The Morgan fingerprint density at radius 3 is 2.58 bits per heavy atom. The quantitative estimate of drug-likeness (QED) is 0.428. The van der Waals surface area contributed by atoms with Gasteiger partial charge in [0.1, 0.15) is 12.3 Å². The number of nitrogens with zero attached hydrogens (tertiary/aromatic N) is 2. The summed E-state index contributed by atoms with van der Waals surface area (Å²) in [6.45, 7) is 5.85. The van der Waals surface area contributed by atoms with Crippen LogP contribution in [0.2, 0.25) is 0 Å². The molecule has 0 saturated carbocycles. The Morgan fingerprint density at radius 2 is 1.88 bits per heavy atom. The van der Waals surface area contributed by atoms with E-state index in [2.05, 4.69) is 0 Å². The van der Waals surface area contributed by atoms with E-state index in [-0.39, 0.29) is 50.2 Å². The number of anilines is 2. The van der Waals surface area contributed by atoms with Gasteiger partial charge in [0.25, 0.3) is 5.91 Å². The molecule has 2 aromatic carbocycles. The number of ether oxygens (including phenoxy) is 2. The predicted molar refractivity (Wildman–Crippen MR) is 124 cm³/mol. The number of fused-ring (bicyclic) bond motifs is 1. The fraction of sp³-hybridized carbons (Fsp3) is 0.360. The van der Waals surface area contributed by atoms with Gasteiger partial charge in [0, 0.05) is 24.2 Å². The first-order chi connectivity index (χ1) is 15.8. The predicted octanol–water partition coefficient (Wildman–Crippen LogP) is 3.30. The van der Waals surface area contributed by atoms with Crippen LogP contribution >= 0.6 is 0 Å². The maximum Gasteiger partial charge on any atom is 0.306 e. The molecule has 0 atom stereocenters. The third-order valence-corrected chi connectivity index (χ3v) is 5.31. The van der Waals surface area contributed by atoms with Crippen molar-refractivity contribution in [1.29, 1.82) is 0 Å². The lowest BCUT2D eigenvalue weighted by Gasteiger charge is -2.31. The lowest BCUT2D eigenvalue weighted by molar-refractivity contribution is -0.143. The summed E-state index contributed by atoms with van der Waals surface area (Å²) in [5.74, 6) is -0.894. The summed E-state index contributed by atoms with van der Waals surface area (Å²) in [6, 6.07) is 12.3. The second-order valence-electron chi connectivity index (χ2n) is 7.66. The Kier molecular flexibility index (Phi) is 7.82. The minimum atomic E-state index is -0.439. The van der Waals surface area contributed by atoms with Crippen LogP contribution in [0.3, 0.4) is 0 Å². The molecule has 8 heteroatoms. The molecule has 3 rings (SSSR count). The van der Waals surface area contributed by atoms with E-state index in [1.165, 1.54) is 11.0 Å². The minimum absolute atomic E-state index is 0.0116. The molecule has 1 heterocycles. The van der Waals surface area contributed by atoms with E-state index in [1.54, 1.807) is 24.0 Å². The van der Waals surface area contributed by atoms with Gasteiger partial charge >= 0.3 is 5.97 Å². The van der Waals surface area contributed by atoms with E-state index < -0.39 is 5.97 Å². The molecule has 1 aliphatic rings. The van der Waals surface area contributed by atoms with Crippen LogP contribution in [0.15, 0.2) is 42.5 Å². The first kappa shape index (κ1) is 24.0. The van der Waals surface area contributed by atoms with Crippen molar-refractivity contribution < 1.29 is 28.7 Å². The van der Waals surface area contributed by atoms with Gasteiger partial charge < -0.3 is 14.4 Å². The van der Waals surface area contributed by atoms with Crippen LogP contribution in [0.1, 0.15) is 42.6 Å². The molecule has 0 bridgehead atoms. The first-order valence-corrected chi connectivity index (χ1v) is 11.0. The molecule has 174 valence electrons. The maximum absolute atomic E-state index is 13.1. The Hall–Kier alpha value is -3.68. The van der Waals surface area contributed by atoms with Crippen molar-refractivity contribution in [3.05, 3.63) is 53.6 Å². The van der Waals surface area contributed by atoms with Gasteiger partial charge in [-0.3, -0.25) is 24.1 Å². The smallest absolute Gasteiger partial charge is 0.306 e. The lowest BCUT2D eigenvalue weighted by Crippen LogP contribution is -2.46. The highest BCUT2D eigenvalue weighted by Crippen LogP contribution is 2.33. The van der Waals surface area contributed by atoms with Crippen LogP contribution in [-0.2, 0) is 19.1 Å². The van der Waals surface area contributed by atoms with Crippen LogP contribution in [0.4, 0.5) is 11.4 Å². The lowest BCUT2D eigenvalue weighted by atomic mass is 10.0. The molecule has 0 spiro atoms. The zero-order valence-electron chi connectivity index (χ0n) is 19.1. The molecule has 33 heavy (non-hydrogen) atoms. The molecule has 0 radical (unpaired) electrons. The molecule has 2 amide bonds. The third-order valence-electron chi connectivity index (χ3n) is 5.31. The number of hydrogen-bond acceptors (Lipinski definition) is 6. The number of likely N-dealkylation sites (N-methyl/N-ethyl adjacent to an activating group) is 1. The zero-order chi connectivity index (χ0) is 24.0. The van der Waals surface area contributed by atoms with E-state index in [0.717, 1.165) is 11.3 Å². The van der Waals surface area contributed by atoms with Crippen molar-refractivity contribution >= 4 is 34.9 Å². The summed E-state index contributed by atoms with van der Waals surface area (Å²) in [5.41, 5.74) is 2.48. The molecule has 0 aromatic heterocycles. The number of Topliss-reactive ketones (excluding diaryl/α,β-unsaturated/α-hetero) is 1. The van der Waals surface area contributed by atoms with Gasteiger partial charge in [0.15, 0.2) is 12.4 Å². The normalized spacial score (nSPS) is 12.6. The van der Waals surface area contributed by atoms with Crippen LogP contribution in [0.5, 0.6) is 5.75 Å². The minimum Gasteiger partial charge on any atom is -0.482 e. The molecule has 2 aromatic rings. The molecular formula is C25H28N2O6. The van der Waals surface area contributed by atoms with E-state index in [4.69, 9.17) is 9.47 Å². The maximum atomic E-state index is 13.1. The SMILES string of the molecule is CCOC(=O)CCC(=O)c1ccc2c(c1)N(CC(=O)N(CC)c1cccc(C)c1)C(=O)CO2. The number of amides is 2. The van der Waals surface area contributed by atoms with Crippen molar-refractivity contribution in [2.45, 2.75) is 33.6 Å². The second-order valence-corrected chi connectivity index (χ2v) is 7.66. The van der Waals surface area contributed by atoms with Gasteiger partial charge in [-0.2, -0.15) is 0 Å². The summed E-state index contributed by atoms with van der Waals surface area (Å²) in [5, 5.41) is 0. The molecule has 0 fully saturated rings. The number of esters is 1. The summed E-state index contributed by atoms with van der Waals surface area (Å²) >= 11 is 0. The van der Waals surface area contributed by atoms with Crippen LogP contribution in [0, 0.1) is 6.92 Å². The van der Waals surface area contributed by atoms with E-state index >= 15 is 0 Å². The molecular weight excluding hydrogens is 424 g/mol. The fourth-order valence-corrected chi connectivity index (χ4v) is 3.66. The fourth-order valence-electron chi connectivity index (χ4n) is 3.66. The summed E-state index contributed by atoms with van der Waals surface area (Å²) in [4.78, 5) is 52.9. The van der Waals surface area contributed by atoms with E-state index in [1.807, 2.05) is 38.1 Å². The topological polar surface area (TPSA) is 93.2 Å². The van der Waals surface area contributed by atoms with Gasteiger partial charge in [-0.1, -0.05) is 12.1 Å². The molecule has 1 aliphatic heterocycles.